The Labute approximate surface area is 122 Å². The second kappa shape index (κ2) is 7.65. The molecule has 0 spiro atoms. The number of hydrogen-bond donors (Lipinski definition) is 0. The molecule has 2 atom stereocenters. The van der Waals surface area contributed by atoms with Gasteiger partial charge in [-0.25, -0.2) is 4.79 Å². The molecule has 1 aliphatic carbocycles. The summed E-state index contributed by atoms with van der Waals surface area (Å²) in [4.78, 5) is 23.6. The van der Waals surface area contributed by atoms with E-state index in [1.165, 1.54) is 6.42 Å². The van der Waals surface area contributed by atoms with Gasteiger partial charge in [0.15, 0.2) is 6.61 Å². The van der Waals surface area contributed by atoms with Gasteiger partial charge in [-0.05, 0) is 51.9 Å². The smallest absolute Gasteiger partial charge is 0.344 e. The van der Waals surface area contributed by atoms with Gasteiger partial charge < -0.3 is 9.47 Å². The lowest BCUT2D eigenvalue weighted by Gasteiger charge is -2.30. The Bertz CT molecular complexity index is 335. The molecule has 0 aliphatic heterocycles. The van der Waals surface area contributed by atoms with Gasteiger partial charge in [0.05, 0.1) is 5.41 Å². The Morgan fingerprint density at radius 3 is 2.40 bits per heavy atom. The highest BCUT2D eigenvalue weighted by molar-refractivity contribution is 5.79. The maximum absolute atomic E-state index is 11.8. The summed E-state index contributed by atoms with van der Waals surface area (Å²) in [6.45, 7) is 7.41. The number of rotatable bonds is 6. The SMILES string of the molecule is CCC1CCCCC1OC(=O)COC(=O)C(C)(C)CC. The molecule has 1 aliphatic rings. The van der Waals surface area contributed by atoms with E-state index in [0.717, 1.165) is 25.7 Å². The fourth-order valence-electron chi connectivity index (χ4n) is 2.46. The van der Waals surface area contributed by atoms with Crippen molar-refractivity contribution >= 4 is 11.9 Å². The number of hydrogen-bond acceptors (Lipinski definition) is 4. The number of carbonyl (C=O) groups excluding carboxylic acids is 2. The molecule has 4 nitrogen and oxygen atoms in total. The van der Waals surface area contributed by atoms with Crippen LogP contribution in [-0.2, 0) is 19.1 Å². The van der Waals surface area contributed by atoms with Crippen LogP contribution in [0.15, 0.2) is 0 Å². The van der Waals surface area contributed by atoms with Gasteiger partial charge in [0.25, 0.3) is 0 Å². The third-order valence-corrected chi connectivity index (χ3v) is 4.40. The van der Waals surface area contributed by atoms with Crippen LogP contribution in [-0.4, -0.2) is 24.6 Å². The molecule has 1 saturated carbocycles. The highest BCUT2D eigenvalue weighted by Gasteiger charge is 2.30. The zero-order valence-electron chi connectivity index (χ0n) is 13.2. The zero-order valence-corrected chi connectivity index (χ0v) is 13.2. The summed E-state index contributed by atoms with van der Waals surface area (Å²) >= 11 is 0. The normalized spacial score (nSPS) is 23.2. The summed E-state index contributed by atoms with van der Waals surface area (Å²) in [6.07, 6.45) is 6.08. The van der Waals surface area contributed by atoms with E-state index in [1.807, 2.05) is 20.8 Å². The van der Waals surface area contributed by atoms with Crippen molar-refractivity contribution in [1.82, 2.24) is 0 Å². The summed E-state index contributed by atoms with van der Waals surface area (Å²) in [5.41, 5.74) is -0.545. The van der Waals surface area contributed by atoms with Crippen molar-refractivity contribution in [2.75, 3.05) is 6.61 Å². The lowest BCUT2D eigenvalue weighted by Crippen LogP contribution is -2.33. The van der Waals surface area contributed by atoms with E-state index in [-0.39, 0.29) is 18.7 Å². The Kier molecular flexibility index (Phi) is 6.50. The maximum Gasteiger partial charge on any atom is 0.344 e. The number of ether oxygens (including phenoxy) is 2. The van der Waals surface area contributed by atoms with E-state index in [2.05, 4.69) is 6.92 Å². The predicted molar refractivity (Wildman–Crippen MR) is 77.2 cm³/mol. The van der Waals surface area contributed by atoms with Crippen LogP contribution in [0, 0.1) is 11.3 Å². The first-order valence-corrected chi connectivity index (χ1v) is 7.77. The van der Waals surface area contributed by atoms with Gasteiger partial charge in [0.2, 0.25) is 0 Å². The average Bonchev–Trinajstić information content (AvgIpc) is 2.45. The molecule has 0 aromatic heterocycles. The van der Waals surface area contributed by atoms with Crippen molar-refractivity contribution in [3.63, 3.8) is 0 Å². The van der Waals surface area contributed by atoms with Gasteiger partial charge in [-0.1, -0.05) is 20.3 Å². The molecular formula is C16H28O4. The molecule has 0 N–H and O–H groups in total. The maximum atomic E-state index is 11.8. The lowest BCUT2D eigenvalue weighted by molar-refractivity contribution is -0.169. The molecule has 0 aromatic rings. The first-order chi connectivity index (χ1) is 9.40. The van der Waals surface area contributed by atoms with E-state index in [9.17, 15) is 9.59 Å². The Morgan fingerprint density at radius 1 is 1.15 bits per heavy atom. The summed E-state index contributed by atoms with van der Waals surface area (Å²) in [5.74, 6) is -0.307. The fourth-order valence-corrected chi connectivity index (χ4v) is 2.46. The average molecular weight is 284 g/mol. The quantitative estimate of drug-likeness (QED) is 0.701. The predicted octanol–water partition coefficient (Wildman–Crippen LogP) is 3.48. The molecule has 0 aromatic carbocycles. The molecule has 20 heavy (non-hydrogen) atoms. The summed E-state index contributed by atoms with van der Waals surface area (Å²) in [7, 11) is 0. The van der Waals surface area contributed by atoms with Crippen molar-refractivity contribution in [3.05, 3.63) is 0 Å². The number of carbonyl (C=O) groups is 2. The van der Waals surface area contributed by atoms with Gasteiger partial charge in [0, 0.05) is 0 Å². The molecule has 0 bridgehead atoms. The minimum atomic E-state index is -0.545. The second-order valence-corrected chi connectivity index (χ2v) is 6.29. The highest BCUT2D eigenvalue weighted by Crippen LogP contribution is 2.29. The van der Waals surface area contributed by atoms with Gasteiger partial charge in [-0.2, -0.15) is 0 Å². The lowest BCUT2D eigenvalue weighted by atomic mass is 9.85. The van der Waals surface area contributed by atoms with Gasteiger partial charge in [-0.3, -0.25) is 4.79 Å². The first-order valence-electron chi connectivity index (χ1n) is 7.77. The molecule has 0 saturated heterocycles. The third-order valence-electron chi connectivity index (χ3n) is 4.40. The standard InChI is InChI=1S/C16H28O4/c1-5-12-9-7-8-10-13(12)20-14(17)11-19-15(18)16(3,4)6-2/h12-13H,5-11H2,1-4H3. The molecule has 1 rings (SSSR count). The van der Waals surface area contributed by atoms with Crippen molar-refractivity contribution in [1.29, 1.82) is 0 Å². The van der Waals surface area contributed by atoms with Crippen LogP contribution in [0.4, 0.5) is 0 Å². The topological polar surface area (TPSA) is 52.6 Å². The van der Waals surface area contributed by atoms with Crippen molar-refractivity contribution in [3.8, 4) is 0 Å². The molecule has 116 valence electrons. The van der Waals surface area contributed by atoms with Crippen molar-refractivity contribution < 1.29 is 19.1 Å². The van der Waals surface area contributed by atoms with Crippen LogP contribution in [0.25, 0.3) is 0 Å². The van der Waals surface area contributed by atoms with E-state index < -0.39 is 11.4 Å². The molecule has 2 unspecified atom stereocenters. The first kappa shape index (κ1) is 17.0. The molecule has 0 radical (unpaired) electrons. The molecule has 0 amide bonds. The van der Waals surface area contributed by atoms with Crippen molar-refractivity contribution in [2.24, 2.45) is 11.3 Å². The van der Waals surface area contributed by atoms with Crippen LogP contribution in [0.2, 0.25) is 0 Å². The Balaban J connectivity index is 2.38. The summed E-state index contributed by atoms with van der Waals surface area (Å²) < 4.78 is 10.5. The fraction of sp³-hybridized carbons (Fsp3) is 0.875. The second-order valence-electron chi connectivity index (χ2n) is 6.29. The number of esters is 2. The van der Waals surface area contributed by atoms with Gasteiger partial charge >= 0.3 is 11.9 Å². The van der Waals surface area contributed by atoms with Gasteiger partial charge in [-0.15, -0.1) is 0 Å². The van der Waals surface area contributed by atoms with Gasteiger partial charge in [0.1, 0.15) is 6.10 Å². The zero-order chi connectivity index (χ0) is 15.2. The largest absolute Gasteiger partial charge is 0.460 e. The minimum absolute atomic E-state index is 0.000799. The Morgan fingerprint density at radius 2 is 1.80 bits per heavy atom. The van der Waals surface area contributed by atoms with Crippen LogP contribution in [0.3, 0.4) is 0 Å². The van der Waals surface area contributed by atoms with E-state index in [4.69, 9.17) is 9.47 Å². The van der Waals surface area contributed by atoms with Crippen molar-refractivity contribution in [2.45, 2.75) is 72.3 Å². The summed E-state index contributed by atoms with van der Waals surface area (Å²) in [6, 6.07) is 0. The Hall–Kier alpha value is -1.06. The van der Waals surface area contributed by atoms with Crippen LogP contribution < -0.4 is 0 Å². The van der Waals surface area contributed by atoms with E-state index in [1.54, 1.807) is 0 Å². The third kappa shape index (κ3) is 4.80. The molecule has 0 heterocycles. The molecule has 4 heteroatoms. The van der Waals surface area contributed by atoms with Crippen LogP contribution >= 0.6 is 0 Å². The van der Waals surface area contributed by atoms with E-state index >= 15 is 0 Å². The van der Waals surface area contributed by atoms with E-state index in [0.29, 0.717) is 12.3 Å². The highest BCUT2D eigenvalue weighted by atomic mass is 16.6. The monoisotopic (exact) mass is 284 g/mol. The molecule has 1 fully saturated rings. The molecular weight excluding hydrogens is 256 g/mol. The van der Waals surface area contributed by atoms with Crippen LogP contribution in [0.5, 0.6) is 0 Å². The summed E-state index contributed by atoms with van der Waals surface area (Å²) in [5, 5.41) is 0. The minimum Gasteiger partial charge on any atom is -0.460 e. The van der Waals surface area contributed by atoms with Crippen LogP contribution in [0.1, 0.15) is 66.2 Å².